The average Bonchev–Trinajstić information content (AvgIpc) is 2.80. The number of thioether (sulfide) groups is 1. The van der Waals surface area contributed by atoms with Crippen LogP contribution in [-0.4, -0.2) is 23.2 Å². The fraction of sp³-hybridized carbons (Fsp3) is 0.429. The molecule has 0 aliphatic carbocycles. The summed E-state index contributed by atoms with van der Waals surface area (Å²) in [5.41, 5.74) is 7.66. The summed E-state index contributed by atoms with van der Waals surface area (Å²) >= 11 is 3.27. The number of nitrogens with zero attached hydrogens (tertiary/aromatic N) is 1. The van der Waals surface area contributed by atoms with Crippen LogP contribution in [0, 0.1) is 0 Å². The molecule has 0 bridgehead atoms. The van der Waals surface area contributed by atoms with Crippen LogP contribution < -0.4 is 11.1 Å². The van der Waals surface area contributed by atoms with E-state index in [1.54, 1.807) is 23.1 Å². The van der Waals surface area contributed by atoms with Crippen molar-refractivity contribution < 1.29 is 4.79 Å². The molecule has 20 heavy (non-hydrogen) atoms. The lowest BCUT2D eigenvalue weighted by Gasteiger charge is -2.10. The van der Waals surface area contributed by atoms with Crippen molar-refractivity contribution >= 4 is 44.9 Å². The zero-order valence-electron chi connectivity index (χ0n) is 11.7. The smallest absolute Gasteiger partial charge is 0.225 e. The van der Waals surface area contributed by atoms with Crippen LogP contribution in [0.1, 0.15) is 26.2 Å². The highest BCUT2D eigenvalue weighted by Gasteiger charge is 2.10. The molecule has 4 nitrogen and oxygen atoms in total. The van der Waals surface area contributed by atoms with Crippen LogP contribution in [0.15, 0.2) is 22.5 Å². The van der Waals surface area contributed by atoms with Crippen LogP contribution in [0.5, 0.6) is 0 Å². The highest BCUT2D eigenvalue weighted by Crippen LogP contribution is 2.29. The summed E-state index contributed by atoms with van der Waals surface area (Å²) in [6.45, 7) is 2.07. The number of thiazole rings is 1. The molecule has 0 aliphatic rings. The Labute approximate surface area is 127 Å². The number of benzene rings is 1. The molecule has 0 spiro atoms. The maximum absolute atomic E-state index is 11.9. The van der Waals surface area contributed by atoms with Crippen molar-refractivity contribution in [3.63, 3.8) is 0 Å². The molecule has 1 unspecified atom stereocenters. The predicted molar refractivity (Wildman–Crippen MR) is 87.5 cm³/mol. The largest absolute Gasteiger partial charge is 0.327 e. The van der Waals surface area contributed by atoms with Crippen molar-refractivity contribution in [1.29, 1.82) is 0 Å². The summed E-state index contributed by atoms with van der Waals surface area (Å²) < 4.78 is 2.12. The van der Waals surface area contributed by atoms with Crippen molar-refractivity contribution in [2.75, 3.05) is 11.6 Å². The van der Waals surface area contributed by atoms with Crippen LogP contribution in [-0.2, 0) is 4.79 Å². The second-order valence-corrected chi connectivity index (χ2v) is 6.75. The Morgan fingerprint density at radius 2 is 2.35 bits per heavy atom. The van der Waals surface area contributed by atoms with E-state index in [2.05, 4.69) is 17.2 Å². The summed E-state index contributed by atoms with van der Waals surface area (Å²) in [6.07, 6.45) is 4.25. The van der Waals surface area contributed by atoms with E-state index in [0.29, 0.717) is 6.42 Å². The molecule has 0 aliphatic heterocycles. The molecule has 6 heteroatoms. The Balaban J connectivity index is 2.03. The number of amides is 1. The van der Waals surface area contributed by atoms with Gasteiger partial charge in [-0.3, -0.25) is 4.79 Å². The quantitative estimate of drug-likeness (QED) is 0.802. The minimum absolute atomic E-state index is 0.0279. The molecule has 0 saturated carbocycles. The lowest BCUT2D eigenvalue weighted by atomic mass is 10.1. The topological polar surface area (TPSA) is 68.0 Å². The van der Waals surface area contributed by atoms with Gasteiger partial charge >= 0.3 is 0 Å². The van der Waals surface area contributed by atoms with Gasteiger partial charge in [0, 0.05) is 18.2 Å². The molecular formula is C14H19N3OS2. The van der Waals surface area contributed by atoms with E-state index in [-0.39, 0.29) is 11.9 Å². The van der Waals surface area contributed by atoms with Crippen molar-refractivity contribution in [2.24, 2.45) is 5.73 Å². The third kappa shape index (κ3) is 3.94. The van der Waals surface area contributed by atoms with Gasteiger partial charge in [0.15, 0.2) is 4.34 Å². The molecule has 0 saturated heterocycles. The summed E-state index contributed by atoms with van der Waals surface area (Å²) in [4.78, 5) is 16.4. The number of carbonyl (C=O) groups excluding carboxylic acids is 1. The third-order valence-electron chi connectivity index (χ3n) is 2.93. The van der Waals surface area contributed by atoms with Gasteiger partial charge in [-0.25, -0.2) is 4.98 Å². The number of carbonyl (C=O) groups is 1. The Bertz CT molecular complexity index is 597. The molecule has 1 atom stereocenters. The van der Waals surface area contributed by atoms with E-state index >= 15 is 0 Å². The number of anilines is 1. The first-order valence-electron chi connectivity index (χ1n) is 6.62. The molecule has 3 N–H and O–H groups in total. The number of hydrogen-bond donors (Lipinski definition) is 2. The predicted octanol–water partition coefficient (Wildman–Crippen LogP) is 3.47. The van der Waals surface area contributed by atoms with Crippen molar-refractivity contribution in [2.45, 2.75) is 36.6 Å². The van der Waals surface area contributed by atoms with Crippen LogP contribution in [0.4, 0.5) is 5.69 Å². The maximum atomic E-state index is 11.9. The van der Waals surface area contributed by atoms with Crippen LogP contribution in [0.2, 0.25) is 0 Å². The van der Waals surface area contributed by atoms with Gasteiger partial charge in [-0.05, 0) is 30.9 Å². The summed E-state index contributed by atoms with van der Waals surface area (Å²) in [7, 11) is 0. The normalized spacial score (nSPS) is 12.6. The van der Waals surface area contributed by atoms with E-state index in [4.69, 9.17) is 5.73 Å². The molecule has 0 radical (unpaired) electrons. The van der Waals surface area contributed by atoms with E-state index in [1.807, 2.05) is 24.5 Å². The monoisotopic (exact) mass is 309 g/mol. The van der Waals surface area contributed by atoms with Gasteiger partial charge in [0.2, 0.25) is 5.91 Å². The maximum Gasteiger partial charge on any atom is 0.225 e. The Kier molecular flexibility index (Phi) is 5.39. The molecule has 1 heterocycles. The van der Waals surface area contributed by atoms with Gasteiger partial charge in [0.25, 0.3) is 0 Å². The molecule has 1 amide bonds. The lowest BCUT2D eigenvalue weighted by Crippen LogP contribution is -2.26. The van der Waals surface area contributed by atoms with E-state index in [9.17, 15) is 4.79 Å². The van der Waals surface area contributed by atoms with Gasteiger partial charge in [-0.1, -0.05) is 25.1 Å². The Hall–Kier alpha value is -1.11. The number of aromatic nitrogens is 1. The standard InChI is InChI=1S/C14H19N3OS2/c1-3-4-9(15)7-13(18)16-10-5-6-11-12(8-10)20-14(17-11)19-2/h5-6,8-9H,3-4,7,15H2,1-2H3,(H,16,18). The fourth-order valence-electron chi connectivity index (χ4n) is 1.99. The summed E-state index contributed by atoms with van der Waals surface area (Å²) in [6, 6.07) is 5.73. The first kappa shape index (κ1) is 15.3. The second-order valence-electron chi connectivity index (χ2n) is 4.67. The molecule has 1 aromatic carbocycles. The minimum Gasteiger partial charge on any atom is -0.327 e. The molecule has 1 aromatic heterocycles. The van der Waals surface area contributed by atoms with Crippen LogP contribution in [0.25, 0.3) is 10.2 Å². The molecule has 108 valence electrons. The molecule has 2 aromatic rings. The zero-order chi connectivity index (χ0) is 14.5. The molecular weight excluding hydrogens is 290 g/mol. The van der Waals surface area contributed by atoms with Crippen LogP contribution >= 0.6 is 23.1 Å². The third-order valence-corrected chi connectivity index (χ3v) is 4.94. The number of fused-ring (bicyclic) bond motifs is 1. The van der Waals surface area contributed by atoms with Gasteiger partial charge in [-0.15, -0.1) is 11.3 Å². The highest BCUT2D eigenvalue weighted by atomic mass is 32.2. The van der Waals surface area contributed by atoms with Gasteiger partial charge in [-0.2, -0.15) is 0 Å². The summed E-state index contributed by atoms with van der Waals surface area (Å²) in [5.74, 6) is -0.0279. The molecule has 0 fully saturated rings. The second kappa shape index (κ2) is 7.06. The average molecular weight is 309 g/mol. The van der Waals surface area contributed by atoms with Crippen molar-refractivity contribution in [3.8, 4) is 0 Å². The first-order valence-corrected chi connectivity index (χ1v) is 8.66. The minimum atomic E-state index is -0.0600. The highest BCUT2D eigenvalue weighted by molar-refractivity contribution is 8.00. The zero-order valence-corrected chi connectivity index (χ0v) is 13.3. The number of nitrogens with one attached hydrogen (secondary N) is 1. The van der Waals surface area contributed by atoms with Gasteiger partial charge < -0.3 is 11.1 Å². The summed E-state index contributed by atoms with van der Waals surface area (Å²) in [5, 5.41) is 2.90. The number of rotatable bonds is 6. The first-order chi connectivity index (χ1) is 9.62. The lowest BCUT2D eigenvalue weighted by molar-refractivity contribution is -0.116. The Morgan fingerprint density at radius 1 is 1.55 bits per heavy atom. The molecule has 2 rings (SSSR count). The van der Waals surface area contributed by atoms with Gasteiger partial charge in [0.05, 0.1) is 10.2 Å². The van der Waals surface area contributed by atoms with Crippen LogP contribution in [0.3, 0.4) is 0 Å². The van der Waals surface area contributed by atoms with E-state index in [1.165, 1.54) is 0 Å². The van der Waals surface area contributed by atoms with Crippen molar-refractivity contribution in [3.05, 3.63) is 18.2 Å². The Morgan fingerprint density at radius 3 is 3.05 bits per heavy atom. The van der Waals surface area contributed by atoms with E-state index in [0.717, 1.165) is 33.1 Å². The van der Waals surface area contributed by atoms with Gasteiger partial charge in [0.1, 0.15) is 0 Å². The SMILES string of the molecule is CCCC(N)CC(=O)Nc1ccc2nc(SC)sc2c1. The van der Waals surface area contributed by atoms with Crippen molar-refractivity contribution in [1.82, 2.24) is 4.98 Å². The number of hydrogen-bond acceptors (Lipinski definition) is 5. The number of nitrogens with two attached hydrogens (primary N) is 1. The van der Waals surface area contributed by atoms with E-state index < -0.39 is 0 Å². The fourth-order valence-corrected chi connectivity index (χ4v) is 3.52.